The van der Waals surface area contributed by atoms with Crippen molar-refractivity contribution in [3.05, 3.63) is 59.8 Å². The number of carbonyl (C=O) groups is 2. The predicted molar refractivity (Wildman–Crippen MR) is 104 cm³/mol. The quantitative estimate of drug-likeness (QED) is 0.762. The highest BCUT2D eigenvalue weighted by Gasteiger charge is 2.38. The third kappa shape index (κ3) is 3.51. The van der Waals surface area contributed by atoms with Crippen molar-refractivity contribution in [3.63, 3.8) is 0 Å². The Kier molecular flexibility index (Phi) is 5.45. The summed E-state index contributed by atoms with van der Waals surface area (Å²) < 4.78 is 10.6. The summed E-state index contributed by atoms with van der Waals surface area (Å²) in [6.07, 6.45) is 0.693. The van der Waals surface area contributed by atoms with Crippen molar-refractivity contribution in [2.45, 2.75) is 13.3 Å². The van der Waals surface area contributed by atoms with Crippen LogP contribution in [0.3, 0.4) is 0 Å². The number of carbonyl (C=O) groups excluding carboxylic acids is 2. The minimum absolute atomic E-state index is 0.253. The van der Waals surface area contributed by atoms with Crippen LogP contribution >= 0.6 is 0 Å². The van der Waals surface area contributed by atoms with Gasteiger partial charge in [0, 0.05) is 12.6 Å². The van der Waals surface area contributed by atoms with Crippen molar-refractivity contribution in [1.29, 1.82) is 0 Å². The van der Waals surface area contributed by atoms with E-state index in [0.717, 1.165) is 0 Å². The van der Waals surface area contributed by atoms with Gasteiger partial charge in [0.15, 0.2) is 0 Å². The number of benzene rings is 2. The number of methoxy groups -OCH3 is 2. The molecule has 1 heterocycles. The smallest absolute Gasteiger partial charge is 0.278 e. The molecule has 2 amide bonds. The van der Waals surface area contributed by atoms with Gasteiger partial charge in [-0.1, -0.05) is 37.3 Å². The molecule has 6 nitrogen and oxygen atoms in total. The van der Waals surface area contributed by atoms with E-state index in [4.69, 9.17) is 9.47 Å². The fourth-order valence-electron chi connectivity index (χ4n) is 3.03. The van der Waals surface area contributed by atoms with E-state index in [-0.39, 0.29) is 17.5 Å². The lowest BCUT2D eigenvalue weighted by atomic mass is 10.0. The summed E-state index contributed by atoms with van der Waals surface area (Å²) in [6.45, 7) is 2.31. The average Bonchev–Trinajstić information content (AvgIpc) is 2.93. The van der Waals surface area contributed by atoms with Crippen LogP contribution in [0.1, 0.15) is 18.9 Å². The molecule has 0 fully saturated rings. The SMILES string of the molecule is CCCN1C(=O)C(Nc2ccc(OC)cc2OC)=C(c2ccccc2)C1=O. The maximum Gasteiger partial charge on any atom is 0.278 e. The third-order valence-corrected chi connectivity index (χ3v) is 4.35. The Bertz CT molecular complexity index is 890. The van der Waals surface area contributed by atoms with E-state index in [2.05, 4.69) is 5.32 Å². The van der Waals surface area contributed by atoms with Crippen LogP contribution in [0.25, 0.3) is 5.57 Å². The first-order chi connectivity index (χ1) is 13.1. The van der Waals surface area contributed by atoms with Gasteiger partial charge in [-0.25, -0.2) is 0 Å². The molecular formula is C21H22N2O4. The average molecular weight is 366 g/mol. The van der Waals surface area contributed by atoms with Gasteiger partial charge < -0.3 is 14.8 Å². The minimum Gasteiger partial charge on any atom is -0.497 e. The molecule has 0 spiro atoms. The van der Waals surface area contributed by atoms with Crippen LogP contribution in [0.5, 0.6) is 11.5 Å². The molecule has 0 aromatic heterocycles. The van der Waals surface area contributed by atoms with E-state index in [1.165, 1.54) is 12.0 Å². The Labute approximate surface area is 158 Å². The molecule has 1 N–H and O–H groups in total. The molecule has 6 heteroatoms. The molecule has 0 bridgehead atoms. The number of amides is 2. The van der Waals surface area contributed by atoms with Crippen molar-refractivity contribution >= 4 is 23.1 Å². The molecule has 0 saturated heterocycles. The summed E-state index contributed by atoms with van der Waals surface area (Å²) >= 11 is 0. The summed E-state index contributed by atoms with van der Waals surface area (Å²) in [5, 5.41) is 3.12. The van der Waals surface area contributed by atoms with Gasteiger partial charge >= 0.3 is 0 Å². The molecular weight excluding hydrogens is 344 g/mol. The molecule has 2 aromatic rings. The summed E-state index contributed by atoms with van der Waals surface area (Å²) in [6, 6.07) is 14.4. The van der Waals surface area contributed by atoms with Crippen LogP contribution in [-0.4, -0.2) is 37.5 Å². The maximum absolute atomic E-state index is 12.9. The van der Waals surface area contributed by atoms with Gasteiger partial charge in [0.05, 0.1) is 25.5 Å². The lowest BCUT2D eigenvalue weighted by molar-refractivity contribution is -0.136. The van der Waals surface area contributed by atoms with Crippen molar-refractivity contribution in [2.24, 2.45) is 0 Å². The number of ether oxygens (including phenoxy) is 2. The van der Waals surface area contributed by atoms with Crippen molar-refractivity contribution in [1.82, 2.24) is 4.90 Å². The Hall–Kier alpha value is -3.28. The van der Waals surface area contributed by atoms with Crippen LogP contribution in [-0.2, 0) is 9.59 Å². The highest BCUT2D eigenvalue weighted by atomic mass is 16.5. The van der Waals surface area contributed by atoms with E-state index in [0.29, 0.717) is 41.3 Å². The van der Waals surface area contributed by atoms with Gasteiger partial charge in [0.1, 0.15) is 17.2 Å². The monoisotopic (exact) mass is 366 g/mol. The number of nitrogens with one attached hydrogen (secondary N) is 1. The van der Waals surface area contributed by atoms with Gasteiger partial charge in [-0.3, -0.25) is 14.5 Å². The number of anilines is 1. The van der Waals surface area contributed by atoms with E-state index >= 15 is 0 Å². The largest absolute Gasteiger partial charge is 0.497 e. The molecule has 0 radical (unpaired) electrons. The Morgan fingerprint density at radius 2 is 1.70 bits per heavy atom. The first kappa shape index (κ1) is 18.5. The highest BCUT2D eigenvalue weighted by Crippen LogP contribution is 2.35. The van der Waals surface area contributed by atoms with Crippen LogP contribution in [0.15, 0.2) is 54.2 Å². The summed E-state index contributed by atoms with van der Waals surface area (Å²) in [7, 11) is 3.11. The topological polar surface area (TPSA) is 67.9 Å². The Morgan fingerprint density at radius 1 is 0.963 bits per heavy atom. The van der Waals surface area contributed by atoms with Crippen molar-refractivity contribution in [3.8, 4) is 11.5 Å². The summed E-state index contributed by atoms with van der Waals surface area (Å²) in [4.78, 5) is 27.1. The van der Waals surface area contributed by atoms with E-state index in [9.17, 15) is 9.59 Å². The van der Waals surface area contributed by atoms with Crippen LogP contribution in [0.4, 0.5) is 5.69 Å². The van der Waals surface area contributed by atoms with Crippen LogP contribution < -0.4 is 14.8 Å². The van der Waals surface area contributed by atoms with Gasteiger partial charge in [-0.05, 0) is 24.1 Å². The molecule has 0 aliphatic carbocycles. The second-order valence-electron chi connectivity index (χ2n) is 6.07. The van der Waals surface area contributed by atoms with Crippen LogP contribution in [0, 0.1) is 0 Å². The second-order valence-corrected chi connectivity index (χ2v) is 6.07. The molecule has 0 saturated carbocycles. The van der Waals surface area contributed by atoms with Gasteiger partial charge in [0.2, 0.25) is 0 Å². The van der Waals surface area contributed by atoms with Crippen LogP contribution in [0.2, 0.25) is 0 Å². The summed E-state index contributed by atoms with van der Waals surface area (Å²) in [5.41, 5.74) is 1.90. The Morgan fingerprint density at radius 3 is 2.33 bits per heavy atom. The van der Waals surface area contributed by atoms with Crippen molar-refractivity contribution in [2.75, 3.05) is 26.1 Å². The first-order valence-electron chi connectivity index (χ1n) is 8.75. The zero-order valence-corrected chi connectivity index (χ0v) is 15.6. The van der Waals surface area contributed by atoms with Gasteiger partial charge in [-0.15, -0.1) is 0 Å². The standard InChI is InChI=1S/C21H22N2O4/c1-4-12-23-20(24)18(14-8-6-5-7-9-14)19(21(23)25)22-16-11-10-15(26-2)13-17(16)27-3/h5-11,13,22H,4,12H2,1-3H3. The van der Waals surface area contributed by atoms with Crippen molar-refractivity contribution < 1.29 is 19.1 Å². The fraction of sp³-hybridized carbons (Fsp3) is 0.238. The van der Waals surface area contributed by atoms with Gasteiger partial charge in [0.25, 0.3) is 11.8 Å². The zero-order valence-electron chi connectivity index (χ0n) is 15.6. The molecule has 1 aliphatic rings. The third-order valence-electron chi connectivity index (χ3n) is 4.35. The lowest BCUT2D eigenvalue weighted by Crippen LogP contribution is -2.33. The minimum atomic E-state index is -0.335. The van der Waals surface area contributed by atoms with E-state index in [1.807, 2.05) is 37.3 Å². The molecule has 0 unspecified atom stereocenters. The Balaban J connectivity index is 2.07. The molecule has 140 valence electrons. The molecule has 27 heavy (non-hydrogen) atoms. The summed E-state index contributed by atoms with van der Waals surface area (Å²) in [5.74, 6) is 0.529. The maximum atomic E-state index is 12.9. The molecule has 2 aromatic carbocycles. The highest BCUT2D eigenvalue weighted by molar-refractivity contribution is 6.36. The molecule has 0 atom stereocenters. The number of hydrogen-bond acceptors (Lipinski definition) is 5. The van der Waals surface area contributed by atoms with E-state index < -0.39 is 0 Å². The number of imide groups is 1. The number of hydrogen-bond donors (Lipinski definition) is 1. The predicted octanol–water partition coefficient (Wildman–Crippen LogP) is 3.31. The number of rotatable bonds is 7. The van der Waals surface area contributed by atoms with E-state index in [1.54, 1.807) is 25.3 Å². The molecule has 3 rings (SSSR count). The number of nitrogens with zero attached hydrogens (tertiary/aromatic N) is 1. The normalized spacial score (nSPS) is 14.0. The zero-order chi connectivity index (χ0) is 19.4. The lowest BCUT2D eigenvalue weighted by Gasteiger charge is -2.15. The molecule has 1 aliphatic heterocycles. The fourth-order valence-corrected chi connectivity index (χ4v) is 3.03. The van der Waals surface area contributed by atoms with Gasteiger partial charge in [-0.2, -0.15) is 0 Å². The first-order valence-corrected chi connectivity index (χ1v) is 8.75. The second kappa shape index (κ2) is 7.95.